The molecule has 0 aromatic heterocycles. The summed E-state index contributed by atoms with van der Waals surface area (Å²) in [6.07, 6.45) is 0. The Hall–Kier alpha value is -2.34. The fraction of sp³-hybridized carbons (Fsp3) is 0. The predicted molar refractivity (Wildman–Crippen MR) is 61.0 cm³/mol. The van der Waals surface area contributed by atoms with Crippen LogP contribution in [0.25, 0.3) is 11.1 Å². The van der Waals surface area contributed by atoms with E-state index in [2.05, 4.69) is 0 Å². The number of anilines is 1. The number of hydrogen-bond acceptors (Lipinski definition) is 2. The van der Waals surface area contributed by atoms with Crippen molar-refractivity contribution in [3.8, 4) is 17.2 Å². The van der Waals surface area contributed by atoms with Crippen LogP contribution in [-0.4, -0.2) is 0 Å². The van der Waals surface area contributed by atoms with Gasteiger partial charge in [0.2, 0.25) is 0 Å². The molecule has 0 heterocycles. The van der Waals surface area contributed by atoms with E-state index >= 15 is 0 Å². The summed E-state index contributed by atoms with van der Waals surface area (Å²) in [5.41, 5.74) is 7.43. The Bertz CT molecular complexity index is 570. The van der Waals surface area contributed by atoms with E-state index in [-0.39, 0.29) is 5.82 Å². The van der Waals surface area contributed by atoms with Gasteiger partial charge in [0.15, 0.2) is 0 Å². The maximum Gasteiger partial charge on any atom is 0.131 e. The lowest BCUT2D eigenvalue weighted by molar-refractivity contribution is 0.631. The first-order valence-electron chi connectivity index (χ1n) is 4.77. The van der Waals surface area contributed by atoms with Crippen molar-refractivity contribution >= 4 is 5.69 Å². The maximum absolute atomic E-state index is 13.6. The summed E-state index contributed by atoms with van der Waals surface area (Å²) in [6.45, 7) is 0. The van der Waals surface area contributed by atoms with E-state index in [4.69, 9.17) is 11.0 Å². The maximum atomic E-state index is 13.6. The highest BCUT2D eigenvalue weighted by Gasteiger charge is 2.08. The van der Waals surface area contributed by atoms with Gasteiger partial charge in [-0.2, -0.15) is 5.26 Å². The zero-order valence-corrected chi connectivity index (χ0v) is 8.44. The van der Waals surface area contributed by atoms with E-state index in [9.17, 15) is 4.39 Å². The van der Waals surface area contributed by atoms with Gasteiger partial charge in [0.1, 0.15) is 5.82 Å². The number of hydrogen-bond donors (Lipinski definition) is 1. The number of nitriles is 1. The molecular weight excluding hydrogens is 203 g/mol. The lowest BCUT2D eigenvalue weighted by Crippen LogP contribution is -1.91. The van der Waals surface area contributed by atoms with Gasteiger partial charge in [0.05, 0.1) is 11.6 Å². The quantitative estimate of drug-likeness (QED) is 0.739. The minimum absolute atomic E-state index is 0.344. The zero-order valence-electron chi connectivity index (χ0n) is 8.44. The highest BCUT2D eigenvalue weighted by Crippen LogP contribution is 2.27. The predicted octanol–water partition coefficient (Wildman–Crippen LogP) is 2.95. The van der Waals surface area contributed by atoms with Gasteiger partial charge >= 0.3 is 0 Å². The number of benzene rings is 2. The van der Waals surface area contributed by atoms with Crippen molar-refractivity contribution < 1.29 is 4.39 Å². The van der Waals surface area contributed by atoms with Crippen LogP contribution < -0.4 is 5.73 Å². The van der Waals surface area contributed by atoms with Gasteiger partial charge in [-0.3, -0.25) is 0 Å². The Morgan fingerprint density at radius 3 is 2.50 bits per heavy atom. The molecule has 0 saturated carbocycles. The van der Waals surface area contributed by atoms with Crippen molar-refractivity contribution in [3.63, 3.8) is 0 Å². The second kappa shape index (κ2) is 4.03. The topological polar surface area (TPSA) is 49.8 Å². The minimum atomic E-state index is -0.344. The standard InChI is InChI=1S/C13H9FN2/c14-13-4-2-1-3-12(13)11-6-5-10(16)7-9(11)8-15/h1-7H,16H2. The van der Waals surface area contributed by atoms with E-state index in [1.165, 1.54) is 6.07 Å². The fourth-order valence-corrected chi connectivity index (χ4v) is 1.57. The SMILES string of the molecule is N#Cc1cc(N)ccc1-c1ccccc1F. The largest absolute Gasteiger partial charge is 0.399 e. The average molecular weight is 212 g/mol. The van der Waals surface area contributed by atoms with E-state index in [0.717, 1.165) is 0 Å². The Morgan fingerprint density at radius 2 is 1.81 bits per heavy atom. The van der Waals surface area contributed by atoms with Crippen LogP contribution in [0.15, 0.2) is 42.5 Å². The highest BCUT2D eigenvalue weighted by atomic mass is 19.1. The highest BCUT2D eigenvalue weighted by molar-refractivity contribution is 5.73. The number of nitrogen functional groups attached to an aromatic ring is 1. The molecule has 0 bridgehead atoms. The summed E-state index contributed by atoms with van der Waals surface area (Å²) < 4.78 is 13.6. The van der Waals surface area contributed by atoms with E-state index in [0.29, 0.717) is 22.4 Å². The molecule has 2 nitrogen and oxygen atoms in total. The Balaban J connectivity index is 2.66. The summed E-state index contributed by atoms with van der Waals surface area (Å²) in [5.74, 6) is -0.344. The third-order valence-corrected chi connectivity index (χ3v) is 2.33. The summed E-state index contributed by atoms with van der Waals surface area (Å²) in [6, 6.07) is 13.2. The van der Waals surface area contributed by atoms with E-state index < -0.39 is 0 Å². The second-order valence-electron chi connectivity index (χ2n) is 3.40. The normalized spacial score (nSPS) is 9.75. The van der Waals surface area contributed by atoms with Crippen LogP contribution in [0.4, 0.5) is 10.1 Å². The Morgan fingerprint density at radius 1 is 1.06 bits per heavy atom. The van der Waals surface area contributed by atoms with Crippen molar-refractivity contribution in [1.82, 2.24) is 0 Å². The monoisotopic (exact) mass is 212 g/mol. The summed E-state index contributed by atoms with van der Waals surface area (Å²) in [4.78, 5) is 0. The van der Waals surface area contributed by atoms with Crippen LogP contribution in [0.2, 0.25) is 0 Å². The average Bonchev–Trinajstić information content (AvgIpc) is 2.30. The van der Waals surface area contributed by atoms with Crippen LogP contribution >= 0.6 is 0 Å². The molecular formula is C13H9FN2. The number of nitrogens with two attached hydrogens (primary N) is 1. The summed E-state index contributed by atoms with van der Waals surface area (Å²) >= 11 is 0. The molecule has 0 atom stereocenters. The van der Waals surface area contributed by atoms with Crippen molar-refractivity contribution in [3.05, 3.63) is 53.8 Å². The van der Waals surface area contributed by atoms with Crippen molar-refractivity contribution in [1.29, 1.82) is 5.26 Å². The van der Waals surface area contributed by atoms with Gasteiger partial charge in [-0.1, -0.05) is 24.3 Å². The third-order valence-electron chi connectivity index (χ3n) is 2.33. The van der Waals surface area contributed by atoms with Crippen molar-refractivity contribution in [2.24, 2.45) is 0 Å². The van der Waals surface area contributed by atoms with E-state index in [1.807, 2.05) is 6.07 Å². The smallest absolute Gasteiger partial charge is 0.131 e. The first kappa shape index (κ1) is 10.2. The number of nitrogens with zero attached hydrogens (tertiary/aromatic N) is 1. The molecule has 2 rings (SSSR count). The molecule has 0 amide bonds. The van der Waals surface area contributed by atoms with Crippen LogP contribution in [0, 0.1) is 17.1 Å². The molecule has 0 radical (unpaired) electrons. The molecule has 78 valence electrons. The molecule has 0 unspecified atom stereocenters. The van der Waals surface area contributed by atoms with Crippen LogP contribution in [0.3, 0.4) is 0 Å². The number of rotatable bonds is 1. The van der Waals surface area contributed by atoms with Gasteiger partial charge < -0.3 is 5.73 Å². The molecule has 0 spiro atoms. The van der Waals surface area contributed by atoms with Gasteiger partial charge in [-0.05, 0) is 18.2 Å². The molecule has 0 aliphatic heterocycles. The zero-order chi connectivity index (χ0) is 11.5. The molecule has 2 aromatic carbocycles. The molecule has 2 aromatic rings. The molecule has 0 aliphatic carbocycles. The Labute approximate surface area is 92.8 Å². The van der Waals surface area contributed by atoms with Crippen molar-refractivity contribution in [2.75, 3.05) is 5.73 Å². The van der Waals surface area contributed by atoms with Gasteiger partial charge in [-0.15, -0.1) is 0 Å². The lowest BCUT2D eigenvalue weighted by Gasteiger charge is -2.06. The lowest BCUT2D eigenvalue weighted by atomic mass is 9.99. The van der Waals surface area contributed by atoms with Crippen LogP contribution in [0.5, 0.6) is 0 Å². The van der Waals surface area contributed by atoms with Gasteiger partial charge in [-0.25, -0.2) is 4.39 Å². The number of halogens is 1. The van der Waals surface area contributed by atoms with E-state index in [1.54, 1.807) is 36.4 Å². The van der Waals surface area contributed by atoms with Gasteiger partial charge in [0.25, 0.3) is 0 Å². The summed E-state index contributed by atoms with van der Waals surface area (Å²) in [5, 5.41) is 8.97. The molecule has 0 aliphatic rings. The molecule has 16 heavy (non-hydrogen) atoms. The second-order valence-corrected chi connectivity index (χ2v) is 3.40. The third kappa shape index (κ3) is 1.73. The molecule has 0 saturated heterocycles. The van der Waals surface area contributed by atoms with Crippen LogP contribution in [0.1, 0.15) is 5.56 Å². The fourth-order valence-electron chi connectivity index (χ4n) is 1.57. The Kier molecular flexibility index (Phi) is 2.57. The van der Waals surface area contributed by atoms with Crippen LogP contribution in [-0.2, 0) is 0 Å². The van der Waals surface area contributed by atoms with Crippen molar-refractivity contribution in [2.45, 2.75) is 0 Å². The molecule has 0 fully saturated rings. The minimum Gasteiger partial charge on any atom is -0.399 e. The summed E-state index contributed by atoms with van der Waals surface area (Å²) in [7, 11) is 0. The first-order valence-corrected chi connectivity index (χ1v) is 4.77. The molecule has 3 heteroatoms. The first-order chi connectivity index (χ1) is 7.72. The van der Waals surface area contributed by atoms with Gasteiger partial charge in [0, 0.05) is 16.8 Å². The molecule has 2 N–H and O–H groups in total.